The molecule has 1 amide bonds. The number of benzene rings is 3. The van der Waals surface area contributed by atoms with Crippen molar-refractivity contribution in [3.8, 4) is 0 Å². The minimum absolute atomic E-state index is 0.0330. The molecule has 3 heteroatoms. The Labute approximate surface area is 146 Å². The maximum absolute atomic E-state index is 12.4. The van der Waals surface area contributed by atoms with Crippen LogP contribution in [-0.4, -0.2) is 12.2 Å². The van der Waals surface area contributed by atoms with Crippen LogP contribution >= 0.6 is 11.8 Å². The predicted octanol–water partition coefficient (Wildman–Crippen LogP) is 4.84. The molecular formula is C21H19NOS. The third-order valence-corrected chi connectivity index (χ3v) is 5.42. The van der Waals surface area contributed by atoms with E-state index in [1.165, 1.54) is 21.4 Å². The van der Waals surface area contributed by atoms with Crippen molar-refractivity contribution in [2.45, 2.75) is 24.2 Å². The zero-order valence-corrected chi connectivity index (χ0v) is 14.5. The van der Waals surface area contributed by atoms with Gasteiger partial charge < -0.3 is 5.32 Å². The fourth-order valence-corrected chi connectivity index (χ4v) is 3.89. The first-order valence-corrected chi connectivity index (χ1v) is 9.43. The number of anilines is 1. The van der Waals surface area contributed by atoms with Gasteiger partial charge in [0.15, 0.2) is 0 Å². The molecule has 4 rings (SSSR count). The van der Waals surface area contributed by atoms with Crippen molar-refractivity contribution < 1.29 is 4.79 Å². The Bertz CT molecular complexity index is 905. The largest absolute Gasteiger partial charge is 0.325 e. The molecule has 1 aliphatic carbocycles. The molecule has 1 N–H and O–H groups in total. The number of carbonyl (C=O) groups is 1. The lowest BCUT2D eigenvalue weighted by molar-refractivity contribution is -0.115. The van der Waals surface area contributed by atoms with Crippen LogP contribution in [0.5, 0.6) is 0 Å². The highest BCUT2D eigenvalue weighted by molar-refractivity contribution is 7.98. The van der Waals surface area contributed by atoms with Gasteiger partial charge in [0, 0.05) is 16.0 Å². The SMILES string of the molecule is CSc1ccc(CC(=O)Nc2ccc3c4c(cccc24)CC3)cc1. The molecule has 24 heavy (non-hydrogen) atoms. The van der Waals surface area contributed by atoms with Crippen LogP contribution in [0.25, 0.3) is 10.8 Å². The van der Waals surface area contributed by atoms with Crippen LogP contribution < -0.4 is 5.32 Å². The van der Waals surface area contributed by atoms with Crippen LogP contribution in [0.3, 0.4) is 0 Å². The van der Waals surface area contributed by atoms with Gasteiger partial charge in [0.05, 0.1) is 6.42 Å². The summed E-state index contributed by atoms with van der Waals surface area (Å²) in [6.07, 6.45) is 4.66. The van der Waals surface area contributed by atoms with Crippen molar-refractivity contribution in [2.24, 2.45) is 0 Å². The molecule has 0 spiro atoms. The molecule has 0 fully saturated rings. The summed E-state index contributed by atoms with van der Waals surface area (Å²) in [5.74, 6) is 0.0330. The summed E-state index contributed by atoms with van der Waals surface area (Å²) in [6.45, 7) is 0. The Morgan fingerprint density at radius 1 is 1.00 bits per heavy atom. The first-order valence-electron chi connectivity index (χ1n) is 8.21. The van der Waals surface area contributed by atoms with E-state index in [0.29, 0.717) is 6.42 Å². The van der Waals surface area contributed by atoms with Gasteiger partial charge in [0.1, 0.15) is 0 Å². The standard InChI is InChI=1S/C21H19NOS/c1-24-17-10-5-14(6-11-17)13-20(23)22-19-12-9-16-8-7-15-3-2-4-18(19)21(15)16/h2-6,9-12H,7-8,13H2,1H3,(H,22,23). The van der Waals surface area contributed by atoms with E-state index in [0.717, 1.165) is 29.5 Å². The molecule has 0 aliphatic heterocycles. The Morgan fingerprint density at radius 3 is 2.50 bits per heavy atom. The van der Waals surface area contributed by atoms with E-state index in [9.17, 15) is 4.79 Å². The van der Waals surface area contributed by atoms with Gasteiger partial charge in [-0.15, -0.1) is 11.8 Å². The summed E-state index contributed by atoms with van der Waals surface area (Å²) in [7, 11) is 0. The number of rotatable bonds is 4. The molecule has 0 heterocycles. The highest BCUT2D eigenvalue weighted by Gasteiger charge is 2.16. The van der Waals surface area contributed by atoms with Gasteiger partial charge in [-0.1, -0.05) is 36.4 Å². The maximum Gasteiger partial charge on any atom is 0.228 e. The van der Waals surface area contributed by atoms with Crippen molar-refractivity contribution >= 4 is 34.1 Å². The molecule has 120 valence electrons. The zero-order chi connectivity index (χ0) is 16.5. The smallest absolute Gasteiger partial charge is 0.228 e. The van der Waals surface area contributed by atoms with E-state index in [1.54, 1.807) is 11.8 Å². The van der Waals surface area contributed by atoms with Crippen LogP contribution in [0.4, 0.5) is 5.69 Å². The monoisotopic (exact) mass is 333 g/mol. The highest BCUT2D eigenvalue weighted by atomic mass is 32.2. The van der Waals surface area contributed by atoms with Gasteiger partial charge in [-0.3, -0.25) is 4.79 Å². The molecule has 1 aliphatic rings. The first-order chi connectivity index (χ1) is 11.7. The van der Waals surface area contributed by atoms with Crippen LogP contribution in [0.15, 0.2) is 59.5 Å². The maximum atomic E-state index is 12.4. The Morgan fingerprint density at radius 2 is 1.75 bits per heavy atom. The summed E-state index contributed by atoms with van der Waals surface area (Å²) >= 11 is 1.71. The number of hydrogen-bond donors (Lipinski definition) is 1. The Hall–Kier alpha value is -2.26. The topological polar surface area (TPSA) is 29.1 Å². The van der Waals surface area contributed by atoms with Gasteiger partial charge in [-0.2, -0.15) is 0 Å². The number of aryl methyl sites for hydroxylation is 2. The second-order valence-electron chi connectivity index (χ2n) is 6.18. The van der Waals surface area contributed by atoms with E-state index < -0.39 is 0 Å². The van der Waals surface area contributed by atoms with Gasteiger partial charge in [-0.05, 0) is 59.4 Å². The third kappa shape index (κ3) is 2.80. The molecule has 0 aromatic heterocycles. The van der Waals surface area contributed by atoms with Crippen molar-refractivity contribution in [1.29, 1.82) is 0 Å². The lowest BCUT2D eigenvalue weighted by Crippen LogP contribution is -2.14. The van der Waals surface area contributed by atoms with Crippen molar-refractivity contribution in [2.75, 3.05) is 11.6 Å². The van der Waals surface area contributed by atoms with Crippen LogP contribution in [0.2, 0.25) is 0 Å². The molecule has 0 atom stereocenters. The number of carbonyl (C=O) groups excluding carboxylic acids is 1. The van der Waals surface area contributed by atoms with E-state index in [-0.39, 0.29) is 5.91 Å². The average molecular weight is 333 g/mol. The molecule has 0 saturated carbocycles. The van der Waals surface area contributed by atoms with E-state index >= 15 is 0 Å². The van der Waals surface area contributed by atoms with Gasteiger partial charge >= 0.3 is 0 Å². The first kappa shape index (κ1) is 15.3. The Kier molecular flexibility index (Phi) is 4.03. The molecule has 2 nitrogen and oxygen atoms in total. The van der Waals surface area contributed by atoms with Crippen LogP contribution in [0, 0.1) is 0 Å². The van der Waals surface area contributed by atoms with E-state index in [2.05, 4.69) is 48.0 Å². The highest BCUT2D eigenvalue weighted by Crippen LogP contribution is 2.35. The minimum atomic E-state index is 0.0330. The predicted molar refractivity (Wildman–Crippen MR) is 102 cm³/mol. The lowest BCUT2D eigenvalue weighted by atomic mass is 10.0. The van der Waals surface area contributed by atoms with Crippen molar-refractivity contribution in [3.05, 3.63) is 71.3 Å². The summed E-state index contributed by atoms with van der Waals surface area (Å²) in [5, 5.41) is 5.59. The fraction of sp³-hybridized carbons (Fsp3) is 0.190. The normalized spacial score (nSPS) is 12.5. The number of thioether (sulfide) groups is 1. The summed E-state index contributed by atoms with van der Waals surface area (Å²) in [4.78, 5) is 13.7. The summed E-state index contributed by atoms with van der Waals surface area (Å²) < 4.78 is 0. The quantitative estimate of drug-likeness (QED) is 0.692. The van der Waals surface area contributed by atoms with Gasteiger partial charge in [0.25, 0.3) is 0 Å². The fourth-order valence-electron chi connectivity index (χ4n) is 3.48. The van der Waals surface area contributed by atoms with Gasteiger partial charge in [0.2, 0.25) is 5.91 Å². The van der Waals surface area contributed by atoms with Crippen molar-refractivity contribution in [3.63, 3.8) is 0 Å². The van der Waals surface area contributed by atoms with Crippen LogP contribution in [-0.2, 0) is 24.1 Å². The van der Waals surface area contributed by atoms with Crippen LogP contribution in [0.1, 0.15) is 16.7 Å². The number of nitrogens with one attached hydrogen (secondary N) is 1. The number of hydrogen-bond acceptors (Lipinski definition) is 2. The van der Waals surface area contributed by atoms with E-state index in [4.69, 9.17) is 0 Å². The second-order valence-corrected chi connectivity index (χ2v) is 7.06. The molecule has 0 radical (unpaired) electrons. The molecule has 0 bridgehead atoms. The van der Waals surface area contributed by atoms with Gasteiger partial charge in [-0.25, -0.2) is 0 Å². The third-order valence-electron chi connectivity index (χ3n) is 4.67. The lowest BCUT2D eigenvalue weighted by Gasteiger charge is -2.11. The molecular weight excluding hydrogens is 314 g/mol. The summed E-state index contributed by atoms with van der Waals surface area (Å²) in [6, 6.07) is 18.8. The molecule has 3 aromatic rings. The second kappa shape index (κ2) is 6.33. The molecule has 3 aromatic carbocycles. The number of amides is 1. The molecule has 0 unspecified atom stereocenters. The summed E-state index contributed by atoms with van der Waals surface area (Å²) in [5.41, 5.74) is 4.75. The molecule has 0 saturated heterocycles. The minimum Gasteiger partial charge on any atom is -0.325 e. The Balaban J connectivity index is 1.57. The van der Waals surface area contributed by atoms with Crippen molar-refractivity contribution in [1.82, 2.24) is 0 Å². The zero-order valence-electron chi connectivity index (χ0n) is 13.6. The van der Waals surface area contributed by atoms with E-state index in [1.807, 2.05) is 18.2 Å². The average Bonchev–Trinajstić information content (AvgIpc) is 3.03.